The molecule has 2 rings (SSSR count). The second-order valence-electron chi connectivity index (χ2n) is 5.09. The van der Waals surface area contributed by atoms with E-state index in [0.29, 0.717) is 5.92 Å². The summed E-state index contributed by atoms with van der Waals surface area (Å²) in [5, 5.41) is 7.61. The first-order valence-corrected chi connectivity index (χ1v) is 6.40. The van der Waals surface area contributed by atoms with Gasteiger partial charge in [0.05, 0.1) is 0 Å². The summed E-state index contributed by atoms with van der Waals surface area (Å²) in [5.41, 5.74) is 2.50. The van der Waals surface area contributed by atoms with Crippen molar-refractivity contribution in [3.63, 3.8) is 0 Å². The fourth-order valence-corrected chi connectivity index (χ4v) is 2.63. The molecule has 2 atom stereocenters. The molecule has 90 valence electrons. The minimum absolute atomic E-state index is 0.533. The molecule has 1 aromatic heterocycles. The lowest BCUT2D eigenvalue weighted by atomic mass is 9.82. The Bertz CT molecular complexity index is 346. The van der Waals surface area contributed by atoms with E-state index >= 15 is 0 Å². The maximum atomic E-state index is 5.49. The van der Waals surface area contributed by atoms with Gasteiger partial charge in [0.25, 0.3) is 0 Å². The molecule has 1 N–H and O–H groups in total. The number of hydrogen-bond acceptors (Lipinski definition) is 3. The Morgan fingerprint density at radius 1 is 1.44 bits per heavy atom. The van der Waals surface area contributed by atoms with E-state index in [4.69, 9.17) is 4.52 Å². The first kappa shape index (κ1) is 11.6. The highest BCUT2D eigenvalue weighted by atomic mass is 16.5. The van der Waals surface area contributed by atoms with Crippen LogP contribution in [0.5, 0.6) is 0 Å². The number of nitrogens with one attached hydrogen (secondary N) is 1. The third-order valence-electron chi connectivity index (χ3n) is 3.38. The number of nitrogens with zero attached hydrogens (tertiary/aromatic N) is 1. The van der Waals surface area contributed by atoms with Crippen LogP contribution in [0.1, 0.15) is 56.5 Å². The molecular formula is C13H22N2O. The maximum absolute atomic E-state index is 5.49. The van der Waals surface area contributed by atoms with Gasteiger partial charge < -0.3 is 9.84 Å². The van der Waals surface area contributed by atoms with Crippen LogP contribution in [0.2, 0.25) is 0 Å². The Kier molecular flexibility index (Phi) is 3.64. The molecule has 1 heterocycles. The van der Waals surface area contributed by atoms with E-state index in [2.05, 4.69) is 31.2 Å². The Morgan fingerprint density at radius 2 is 2.25 bits per heavy atom. The molecule has 0 amide bonds. The average Bonchev–Trinajstić information content (AvgIpc) is 2.62. The Hall–Kier alpha value is -0.830. The molecule has 16 heavy (non-hydrogen) atoms. The van der Waals surface area contributed by atoms with Crippen molar-refractivity contribution in [3.8, 4) is 0 Å². The predicted octanol–water partition coefficient (Wildman–Crippen LogP) is 2.86. The quantitative estimate of drug-likeness (QED) is 0.796. The van der Waals surface area contributed by atoms with Crippen molar-refractivity contribution < 1.29 is 4.52 Å². The van der Waals surface area contributed by atoms with Crippen LogP contribution in [0, 0.1) is 5.92 Å². The van der Waals surface area contributed by atoms with Crippen LogP contribution in [0.4, 0.5) is 0 Å². The van der Waals surface area contributed by atoms with E-state index in [9.17, 15) is 0 Å². The molecule has 0 aromatic carbocycles. The lowest BCUT2D eigenvalue weighted by molar-refractivity contribution is 0.323. The molecule has 1 aliphatic carbocycles. The first-order chi connectivity index (χ1) is 7.72. The molecule has 1 aliphatic rings. The average molecular weight is 222 g/mol. The van der Waals surface area contributed by atoms with Crippen molar-refractivity contribution >= 4 is 0 Å². The first-order valence-electron chi connectivity index (χ1n) is 6.40. The number of hydrogen-bond donors (Lipinski definition) is 1. The summed E-state index contributed by atoms with van der Waals surface area (Å²) in [4.78, 5) is 0. The minimum Gasteiger partial charge on any atom is -0.361 e. The van der Waals surface area contributed by atoms with Crippen LogP contribution >= 0.6 is 0 Å². The van der Waals surface area contributed by atoms with E-state index in [1.54, 1.807) is 0 Å². The van der Waals surface area contributed by atoms with Crippen LogP contribution in [-0.2, 0) is 13.0 Å². The Morgan fingerprint density at radius 3 is 3.00 bits per heavy atom. The molecule has 0 fully saturated rings. The zero-order valence-corrected chi connectivity index (χ0v) is 10.5. The summed E-state index contributed by atoms with van der Waals surface area (Å²) in [6, 6.07) is 0. The van der Waals surface area contributed by atoms with Gasteiger partial charge in [-0.3, -0.25) is 0 Å². The number of aromatic nitrogens is 1. The summed E-state index contributed by atoms with van der Waals surface area (Å²) in [5.74, 6) is 2.42. The molecule has 0 bridgehead atoms. The third-order valence-corrected chi connectivity index (χ3v) is 3.38. The fraction of sp³-hybridized carbons (Fsp3) is 0.769. The second-order valence-corrected chi connectivity index (χ2v) is 5.09. The van der Waals surface area contributed by atoms with Crippen molar-refractivity contribution in [2.75, 3.05) is 6.54 Å². The van der Waals surface area contributed by atoms with Crippen molar-refractivity contribution in [2.45, 2.75) is 52.5 Å². The SMILES string of the molecule is CCCNCc1noc2c1CC(C)CC2C. The van der Waals surface area contributed by atoms with Crippen molar-refractivity contribution in [2.24, 2.45) is 5.92 Å². The highest BCUT2D eigenvalue weighted by Crippen LogP contribution is 2.35. The van der Waals surface area contributed by atoms with E-state index in [-0.39, 0.29) is 0 Å². The fourth-order valence-electron chi connectivity index (χ4n) is 2.63. The smallest absolute Gasteiger partial charge is 0.143 e. The van der Waals surface area contributed by atoms with E-state index < -0.39 is 0 Å². The molecule has 3 heteroatoms. The zero-order chi connectivity index (χ0) is 11.5. The van der Waals surface area contributed by atoms with Gasteiger partial charge in [0.1, 0.15) is 11.5 Å². The molecule has 3 nitrogen and oxygen atoms in total. The monoisotopic (exact) mass is 222 g/mol. The summed E-state index contributed by atoms with van der Waals surface area (Å²) in [7, 11) is 0. The maximum Gasteiger partial charge on any atom is 0.143 e. The molecule has 2 unspecified atom stereocenters. The van der Waals surface area contributed by atoms with Crippen LogP contribution in [0.15, 0.2) is 4.52 Å². The van der Waals surface area contributed by atoms with Gasteiger partial charge in [0.2, 0.25) is 0 Å². The van der Waals surface area contributed by atoms with Gasteiger partial charge >= 0.3 is 0 Å². The second kappa shape index (κ2) is 5.00. The largest absolute Gasteiger partial charge is 0.361 e. The van der Waals surface area contributed by atoms with Crippen LogP contribution < -0.4 is 5.32 Å². The third kappa shape index (κ3) is 2.29. The summed E-state index contributed by atoms with van der Waals surface area (Å²) in [6.45, 7) is 8.63. The minimum atomic E-state index is 0.533. The van der Waals surface area contributed by atoms with Crippen molar-refractivity contribution in [1.82, 2.24) is 10.5 Å². The van der Waals surface area contributed by atoms with Gasteiger partial charge in [-0.15, -0.1) is 0 Å². The van der Waals surface area contributed by atoms with Crippen molar-refractivity contribution in [3.05, 3.63) is 17.0 Å². The number of rotatable bonds is 4. The molecule has 0 aliphatic heterocycles. The summed E-state index contributed by atoms with van der Waals surface area (Å²) < 4.78 is 5.49. The predicted molar refractivity (Wildman–Crippen MR) is 64.4 cm³/mol. The lowest BCUT2D eigenvalue weighted by Crippen LogP contribution is -2.18. The van der Waals surface area contributed by atoms with Gasteiger partial charge in [-0.1, -0.05) is 25.9 Å². The summed E-state index contributed by atoms with van der Waals surface area (Å²) >= 11 is 0. The van der Waals surface area contributed by atoms with Gasteiger partial charge in [0, 0.05) is 18.0 Å². The molecule has 0 spiro atoms. The van der Waals surface area contributed by atoms with Gasteiger partial charge in [0.15, 0.2) is 0 Å². The van der Waals surface area contributed by atoms with Gasteiger partial charge in [-0.05, 0) is 31.7 Å². The van der Waals surface area contributed by atoms with Gasteiger partial charge in [-0.25, -0.2) is 0 Å². The van der Waals surface area contributed by atoms with Crippen LogP contribution in [0.25, 0.3) is 0 Å². The molecule has 0 radical (unpaired) electrons. The lowest BCUT2D eigenvalue weighted by Gasteiger charge is -2.22. The molecule has 0 saturated carbocycles. The van der Waals surface area contributed by atoms with Gasteiger partial charge in [-0.2, -0.15) is 0 Å². The Balaban J connectivity index is 2.10. The molecule has 0 saturated heterocycles. The zero-order valence-electron chi connectivity index (χ0n) is 10.5. The summed E-state index contributed by atoms with van der Waals surface area (Å²) in [6.07, 6.45) is 3.52. The Labute approximate surface area is 97.6 Å². The molecular weight excluding hydrogens is 200 g/mol. The van der Waals surface area contributed by atoms with E-state index in [1.807, 2.05) is 0 Å². The van der Waals surface area contributed by atoms with Crippen LogP contribution in [-0.4, -0.2) is 11.7 Å². The number of fused-ring (bicyclic) bond motifs is 1. The topological polar surface area (TPSA) is 38.1 Å². The molecule has 1 aromatic rings. The normalized spacial score (nSPS) is 24.4. The van der Waals surface area contributed by atoms with E-state index in [1.165, 1.54) is 12.0 Å². The highest BCUT2D eigenvalue weighted by Gasteiger charge is 2.28. The van der Waals surface area contributed by atoms with Crippen molar-refractivity contribution in [1.29, 1.82) is 0 Å². The van der Waals surface area contributed by atoms with E-state index in [0.717, 1.165) is 43.3 Å². The van der Waals surface area contributed by atoms with Crippen LogP contribution in [0.3, 0.4) is 0 Å². The standard InChI is InChI=1S/C13H22N2O/c1-4-5-14-8-12-11-7-9(2)6-10(3)13(11)16-15-12/h9-10,14H,4-8H2,1-3H3. The highest BCUT2D eigenvalue weighted by molar-refractivity contribution is 5.28.